The van der Waals surface area contributed by atoms with Crippen LogP contribution in [-0.2, 0) is 14.8 Å². The van der Waals surface area contributed by atoms with Crippen LogP contribution in [0.25, 0.3) is 0 Å². The molecule has 6 nitrogen and oxygen atoms in total. The van der Waals surface area contributed by atoms with Gasteiger partial charge in [-0.15, -0.1) is 4.83 Å². The van der Waals surface area contributed by atoms with E-state index in [0.717, 1.165) is 16.7 Å². The van der Waals surface area contributed by atoms with Crippen LogP contribution in [0.4, 0.5) is 0 Å². The molecule has 2 aromatic rings. The van der Waals surface area contributed by atoms with E-state index in [9.17, 15) is 13.2 Å². The summed E-state index contributed by atoms with van der Waals surface area (Å²) in [6, 6.07) is 10.8. The fraction of sp³-hybridized carbons (Fsp3) is 0.278. The zero-order valence-corrected chi connectivity index (χ0v) is 15.5. The molecule has 25 heavy (non-hydrogen) atoms. The van der Waals surface area contributed by atoms with Gasteiger partial charge in [-0.2, -0.15) is 0 Å². The molecule has 0 aliphatic heterocycles. The molecule has 2 aromatic carbocycles. The van der Waals surface area contributed by atoms with Crippen molar-refractivity contribution in [2.24, 2.45) is 0 Å². The number of hydrogen-bond acceptors (Lipinski definition) is 4. The van der Waals surface area contributed by atoms with Crippen LogP contribution in [0.15, 0.2) is 41.3 Å². The van der Waals surface area contributed by atoms with Gasteiger partial charge in [-0.25, -0.2) is 8.42 Å². The largest absolute Gasteiger partial charge is 0.483 e. The van der Waals surface area contributed by atoms with Gasteiger partial charge in [0.2, 0.25) is 0 Å². The molecule has 0 unspecified atom stereocenters. The molecule has 0 atom stereocenters. The number of rotatable bonds is 6. The summed E-state index contributed by atoms with van der Waals surface area (Å²) in [5.41, 5.74) is 5.40. The zero-order valence-electron chi connectivity index (χ0n) is 14.7. The lowest BCUT2D eigenvalue weighted by atomic mass is 10.1. The molecule has 1 amide bonds. The van der Waals surface area contributed by atoms with Crippen molar-refractivity contribution in [3.63, 3.8) is 0 Å². The fourth-order valence-electron chi connectivity index (χ4n) is 2.38. The molecule has 0 saturated heterocycles. The third-order valence-electron chi connectivity index (χ3n) is 3.71. The van der Waals surface area contributed by atoms with Crippen molar-refractivity contribution in [1.82, 2.24) is 10.3 Å². The van der Waals surface area contributed by atoms with E-state index in [1.54, 1.807) is 26.0 Å². The second kappa shape index (κ2) is 7.67. The molecule has 0 aliphatic rings. The molecule has 0 spiro atoms. The second-order valence-corrected chi connectivity index (χ2v) is 7.58. The number of hydrogen-bond donors (Lipinski definition) is 2. The molecule has 2 rings (SSSR count). The Morgan fingerprint density at radius 2 is 1.64 bits per heavy atom. The Hall–Kier alpha value is -2.38. The van der Waals surface area contributed by atoms with Crippen LogP contribution in [0.2, 0.25) is 0 Å². The first kappa shape index (κ1) is 19.0. The minimum atomic E-state index is -3.85. The number of aryl methyl sites for hydroxylation is 4. The van der Waals surface area contributed by atoms with Gasteiger partial charge < -0.3 is 4.74 Å². The molecule has 0 fully saturated rings. The van der Waals surface area contributed by atoms with E-state index in [-0.39, 0.29) is 11.5 Å². The van der Waals surface area contributed by atoms with Crippen LogP contribution in [0.3, 0.4) is 0 Å². The van der Waals surface area contributed by atoms with Gasteiger partial charge in [-0.3, -0.25) is 10.2 Å². The first-order chi connectivity index (χ1) is 11.7. The number of sulfonamides is 1. The number of ether oxygens (including phenoxy) is 1. The van der Waals surface area contributed by atoms with Crippen LogP contribution in [-0.4, -0.2) is 20.9 Å². The van der Waals surface area contributed by atoms with Crippen LogP contribution >= 0.6 is 0 Å². The number of benzene rings is 2. The van der Waals surface area contributed by atoms with Crippen LogP contribution < -0.4 is 15.0 Å². The number of carbonyl (C=O) groups excluding carboxylic acids is 1. The first-order valence-corrected chi connectivity index (χ1v) is 9.26. The maximum absolute atomic E-state index is 12.3. The van der Waals surface area contributed by atoms with E-state index in [1.807, 2.05) is 38.1 Å². The Labute approximate surface area is 148 Å². The van der Waals surface area contributed by atoms with Gasteiger partial charge in [0.15, 0.2) is 6.61 Å². The van der Waals surface area contributed by atoms with E-state index < -0.39 is 15.9 Å². The smallest absolute Gasteiger partial charge is 0.272 e. The average Bonchev–Trinajstić information content (AvgIpc) is 2.55. The van der Waals surface area contributed by atoms with Crippen molar-refractivity contribution < 1.29 is 17.9 Å². The predicted molar refractivity (Wildman–Crippen MR) is 95.8 cm³/mol. The molecule has 7 heteroatoms. The minimum Gasteiger partial charge on any atom is -0.483 e. The van der Waals surface area contributed by atoms with Gasteiger partial charge in [-0.05, 0) is 56.0 Å². The lowest BCUT2D eigenvalue weighted by molar-refractivity contribution is -0.123. The van der Waals surface area contributed by atoms with Crippen molar-refractivity contribution in [1.29, 1.82) is 0 Å². The first-order valence-electron chi connectivity index (χ1n) is 7.77. The van der Waals surface area contributed by atoms with Crippen LogP contribution in [0, 0.1) is 27.7 Å². The van der Waals surface area contributed by atoms with E-state index in [4.69, 9.17) is 4.74 Å². The van der Waals surface area contributed by atoms with Crippen molar-refractivity contribution in [3.05, 3.63) is 58.7 Å². The molecular formula is C18H22N2O4S. The quantitative estimate of drug-likeness (QED) is 0.773. The predicted octanol–water partition coefficient (Wildman–Crippen LogP) is 2.31. The molecule has 0 aliphatic carbocycles. The van der Waals surface area contributed by atoms with Crippen molar-refractivity contribution in [3.8, 4) is 5.75 Å². The van der Waals surface area contributed by atoms with Gasteiger partial charge in [0, 0.05) is 0 Å². The maximum atomic E-state index is 12.3. The molecule has 0 saturated carbocycles. The zero-order chi connectivity index (χ0) is 18.6. The standard InChI is InChI=1S/C18H22N2O4S/c1-12-8-9-13(2)16(10-12)25(22,23)20-19-17(21)11-24-18-14(3)6-5-7-15(18)4/h5-10,20H,11H2,1-4H3,(H,19,21). The highest BCUT2D eigenvalue weighted by molar-refractivity contribution is 7.89. The Kier molecular flexibility index (Phi) is 5.81. The van der Waals surface area contributed by atoms with E-state index >= 15 is 0 Å². The highest BCUT2D eigenvalue weighted by atomic mass is 32.2. The maximum Gasteiger partial charge on any atom is 0.272 e. The number of hydrazine groups is 1. The number of amides is 1. The van der Waals surface area contributed by atoms with Gasteiger partial charge in [0.25, 0.3) is 15.9 Å². The molecule has 0 radical (unpaired) electrons. The number of para-hydroxylation sites is 1. The topological polar surface area (TPSA) is 84.5 Å². The molecule has 0 heterocycles. The summed E-state index contributed by atoms with van der Waals surface area (Å²) in [6.45, 7) is 6.96. The Morgan fingerprint density at radius 3 is 2.28 bits per heavy atom. The van der Waals surface area contributed by atoms with E-state index in [1.165, 1.54) is 0 Å². The Balaban J connectivity index is 1.98. The SMILES string of the molecule is Cc1ccc(C)c(S(=O)(=O)NNC(=O)COc2c(C)cccc2C)c1. The summed E-state index contributed by atoms with van der Waals surface area (Å²) in [5.74, 6) is 0.0339. The van der Waals surface area contributed by atoms with Crippen LogP contribution in [0.1, 0.15) is 22.3 Å². The summed E-state index contributed by atoms with van der Waals surface area (Å²) < 4.78 is 30.1. The molecule has 0 bridgehead atoms. The molecule has 134 valence electrons. The highest BCUT2D eigenvalue weighted by Crippen LogP contribution is 2.22. The summed E-state index contributed by atoms with van der Waals surface area (Å²) in [5, 5.41) is 0. The summed E-state index contributed by atoms with van der Waals surface area (Å²) in [6.07, 6.45) is 0. The fourth-order valence-corrected chi connectivity index (χ4v) is 3.57. The van der Waals surface area contributed by atoms with Crippen LogP contribution in [0.5, 0.6) is 5.75 Å². The van der Waals surface area contributed by atoms with E-state index in [0.29, 0.717) is 11.3 Å². The van der Waals surface area contributed by atoms with Crippen molar-refractivity contribution >= 4 is 15.9 Å². The highest BCUT2D eigenvalue weighted by Gasteiger charge is 2.18. The van der Waals surface area contributed by atoms with Gasteiger partial charge >= 0.3 is 0 Å². The summed E-state index contributed by atoms with van der Waals surface area (Å²) >= 11 is 0. The van der Waals surface area contributed by atoms with Gasteiger partial charge in [-0.1, -0.05) is 30.3 Å². The van der Waals surface area contributed by atoms with Gasteiger partial charge in [0.05, 0.1) is 4.90 Å². The van der Waals surface area contributed by atoms with Crippen molar-refractivity contribution in [2.75, 3.05) is 6.61 Å². The Bertz CT molecular complexity index is 872. The lowest BCUT2D eigenvalue weighted by Crippen LogP contribution is -2.44. The third-order valence-corrected chi connectivity index (χ3v) is 5.10. The van der Waals surface area contributed by atoms with Crippen molar-refractivity contribution in [2.45, 2.75) is 32.6 Å². The third kappa shape index (κ3) is 4.80. The van der Waals surface area contributed by atoms with E-state index in [2.05, 4.69) is 10.3 Å². The summed E-state index contributed by atoms with van der Waals surface area (Å²) in [4.78, 5) is 14.1. The average molecular weight is 362 g/mol. The Morgan fingerprint density at radius 1 is 1.00 bits per heavy atom. The molecular weight excluding hydrogens is 340 g/mol. The lowest BCUT2D eigenvalue weighted by Gasteiger charge is -2.13. The molecule has 0 aromatic heterocycles. The second-order valence-electron chi connectivity index (χ2n) is 5.93. The van der Waals surface area contributed by atoms with Gasteiger partial charge in [0.1, 0.15) is 5.75 Å². The molecule has 2 N–H and O–H groups in total. The monoisotopic (exact) mass is 362 g/mol. The summed E-state index contributed by atoms with van der Waals surface area (Å²) in [7, 11) is -3.85. The normalized spacial score (nSPS) is 11.2. The minimum absolute atomic E-state index is 0.128. The number of carbonyl (C=O) groups is 1. The number of nitrogens with one attached hydrogen (secondary N) is 2.